The van der Waals surface area contributed by atoms with E-state index < -0.39 is 11.2 Å². The maximum absolute atomic E-state index is 11.0. The molecule has 0 saturated heterocycles. The van der Waals surface area contributed by atoms with E-state index in [0.29, 0.717) is 0 Å². The summed E-state index contributed by atoms with van der Waals surface area (Å²) in [5.74, 6) is 0.811. The Balaban J connectivity index is 1.55. The van der Waals surface area contributed by atoms with Crippen LogP contribution < -0.4 is 4.74 Å². The van der Waals surface area contributed by atoms with Crippen molar-refractivity contribution >= 4 is 27.3 Å². The molecular formula is C24H20BrN3O3. The number of non-ortho nitro benzene ring substituents is 1. The van der Waals surface area contributed by atoms with E-state index in [1.165, 1.54) is 17.7 Å². The molecule has 0 aliphatic carbocycles. The fourth-order valence-corrected chi connectivity index (χ4v) is 4.52. The Hall–Kier alpha value is -3.19. The smallest absolute Gasteiger partial charge is 0.269 e. The molecule has 6 nitrogen and oxygen atoms in total. The lowest BCUT2D eigenvalue weighted by Crippen LogP contribution is -2.33. The van der Waals surface area contributed by atoms with E-state index in [-0.39, 0.29) is 11.7 Å². The zero-order chi connectivity index (χ0) is 21.5. The fraction of sp³-hybridized carbons (Fsp3) is 0.208. The molecule has 0 bridgehead atoms. The lowest BCUT2D eigenvalue weighted by molar-refractivity contribution is -0.384. The Morgan fingerprint density at radius 2 is 1.87 bits per heavy atom. The third-order valence-corrected chi connectivity index (χ3v) is 6.33. The number of ether oxygens (including phenoxy) is 1. The standard InChI is InChI=1S/C24H20BrN3O3/c1-2-15-3-5-16(6-4-15)21-14-22-20-13-18(25)9-12-23(20)31-24(27(22)26-21)17-7-10-19(11-8-17)28(29)30/h3-13,22,24H,2,14H2,1H3/t22-,24-/m1/s1. The van der Waals surface area contributed by atoms with Gasteiger partial charge in [-0.3, -0.25) is 10.1 Å². The predicted octanol–water partition coefficient (Wildman–Crippen LogP) is 6.16. The van der Waals surface area contributed by atoms with E-state index in [0.717, 1.165) is 45.5 Å². The summed E-state index contributed by atoms with van der Waals surface area (Å²) in [6, 6.07) is 21.1. The second kappa shape index (κ2) is 7.81. The van der Waals surface area contributed by atoms with Gasteiger partial charge in [-0.1, -0.05) is 47.1 Å². The highest BCUT2D eigenvalue weighted by Crippen LogP contribution is 2.48. The summed E-state index contributed by atoms with van der Waals surface area (Å²) < 4.78 is 7.33. The van der Waals surface area contributed by atoms with Gasteiger partial charge in [0.05, 0.1) is 16.7 Å². The Morgan fingerprint density at radius 1 is 1.13 bits per heavy atom. The van der Waals surface area contributed by atoms with Crippen molar-refractivity contribution in [2.75, 3.05) is 0 Å². The van der Waals surface area contributed by atoms with Gasteiger partial charge in [-0.2, -0.15) is 5.10 Å². The topological polar surface area (TPSA) is 68.0 Å². The zero-order valence-electron chi connectivity index (χ0n) is 16.9. The summed E-state index contributed by atoms with van der Waals surface area (Å²) in [5.41, 5.74) is 5.37. The van der Waals surface area contributed by atoms with Gasteiger partial charge in [0.1, 0.15) is 5.75 Å². The number of fused-ring (bicyclic) bond motifs is 3. The molecule has 2 atom stereocenters. The van der Waals surface area contributed by atoms with Crippen molar-refractivity contribution in [2.24, 2.45) is 5.10 Å². The van der Waals surface area contributed by atoms with Crippen LogP contribution in [0.4, 0.5) is 5.69 Å². The molecule has 2 heterocycles. The Morgan fingerprint density at radius 3 is 2.55 bits per heavy atom. The normalized spacial score (nSPS) is 19.3. The molecule has 7 heteroatoms. The number of aryl methyl sites for hydroxylation is 1. The summed E-state index contributed by atoms with van der Waals surface area (Å²) >= 11 is 3.57. The van der Waals surface area contributed by atoms with Crippen LogP contribution in [0.2, 0.25) is 0 Å². The molecule has 0 saturated carbocycles. The third kappa shape index (κ3) is 3.59. The summed E-state index contributed by atoms with van der Waals surface area (Å²) in [4.78, 5) is 10.7. The van der Waals surface area contributed by atoms with Gasteiger partial charge in [-0.15, -0.1) is 0 Å². The molecule has 0 N–H and O–H groups in total. The number of halogens is 1. The van der Waals surface area contributed by atoms with Crippen molar-refractivity contribution in [3.8, 4) is 5.75 Å². The minimum Gasteiger partial charge on any atom is -0.464 e. The summed E-state index contributed by atoms with van der Waals surface area (Å²) in [6.07, 6.45) is 1.31. The van der Waals surface area contributed by atoms with Gasteiger partial charge in [0.15, 0.2) is 0 Å². The first kappa shape index (κ1) is 19.8. The monoisotopic (exact) mass is 477 g/mol. The molecule has 0 fully saturated rings. The van der Waals surface area contributed by atoms with Crippen molar-refractivity contribution in [2.45, 2.75) is 32.0 Å². The molecule has 5 rings (SSSR count). The molecule has 156 valence electrons. The maximum Gasteiger partial charge on any atom is 0.269 e. The van der Waals surface area contributed by atoms with Crippen LogP contribution in [0.3, 0.4) is 0 Å². The Kier molecular flexibility index (Phi) is 4.98. The van der Waals surface area contributed by atoms with Crippen LogP contribution in [0.5, 0.6) is 5.75 Å². The lowest BCUT2D eigenvalue weighted by Gasteiger charge is -2.38. The number of hydrazone groups is 1. The molecule has 2 aliphatic rings. The van der Waals surface area contributed by atoms with E-state index in [4.69, 9.17) is 9.84 Å². The highest BCUT2D eigenvalue weighted by Gasteiger charge is 2.41. The van der Waals surface area contributed by atoms with E-state index >= 15 is 0 Å². The second-order valence-electron chi connectivity index (χ2n) is 7.70. The lowest BCUT2D eigenvalue weighted by atomic mass is 9.95. The van der Waals surface area contributed by atoms with Gasteiger partial charge in [-0.25, -0.2) is 5.01 Å². The number of hydrogen-bond acceptors (Lipinski definition) is 5. The minimum atomic E-state index is -0.452. The van der Waals surface area contributed by atoms with E-state index in [9.17, 15) is 10.1 Å². The van der Waals surface area contributed by atoms with E-state index in [1.807, 2.05) is 17.1 Å². The summed E-state index contributed by atoms with van der Waals surface area (Å²) in [7, 11) is 0. The number of nitro groups is 1. The summed E-state index contributed by atoms with van der Waals surface area (Å²) in [5, 5.41) is 18.0. The number of nitro benzene ring substituents is 1. The number of benzene rings is 3. The first-order valence-corrected chi connectivity index (χ1v) is 11.0. The number of hydrogen-bond donors (Lipinski definition) is 0. The molecule has 0 aromatic heterocycles. The fourth-order valence-electron chi connectivity index (χ4n) is 4.15. The average molecular weight is 478 g/mol. The average Bonchev–Trinajstić information content (AvgIpc) is 3.24. The predicted molar refractivity (Wildman–Crippen MR) is 122 cm³/mol. The van der Waals surface area contributed by atoms with E-state index in [2.05, 4.69) is 53.2 Å². The van der Waals surface area contributed by atoms with Crippen molar-refractivity contribution in [3.63, 3.8) is 0 Å². The Labute approximate surface area is 188 Å². The van der Waals surface area contributed by atoms with Gasteiger partial charge in [0.25, 0.3) is 5.69 Å². The van der Waals surface area contributed by atoms with Crippen molar-refractivity contribution in [3.05, 3.63) is 104 Å². The molecule has 3 aromatic carbocycles. The molecule has 31 heavy (non-hydrogen) atoms. The largest absolute Gasteiger partial charge is 0.464 e. The first-order chi connectivity index (χ1) is 15.0. The van der Waals surface area contributed by atoms with Crippen molar-refractivity contribution in [1.29, 1.82) is 0 Å². The molecule has 0 unspecified atom stereocenters. The van der Waals surface area contributed by atoms with Gasteiger partial charge in [0, 0.05) is 34.2 Å². The molecular weight excluding hydrogens is 458 g/mol. The van der Waals surface area contributed by atoms with Crippen molar-refractivity contribution < 1.29 is 9.66 Å². The SMILES string of the molecule is CCc1ccc(C2=NN3[C@H](C2)c2cc(Br)ccc2O[C@@H]3c2ccc([N+](=O)[O-])cc2)cc1. The second-order valence-corrected chi connectivity index (χ2v) is 8.61. The minimum absolute atomic E-state index is 0.0299. The molecule has 2 aliphatic heterocycles. The van der Waals surface area contributed by atoms with Gasteiger partial charge in [0.2, 0.25) is 6.23 Å². The van der Waals surface area contributed by atoms with Crippen LogP contribution in [-0.2, 0) is 6.42 Å². The highest BCUT2D eigenvalue weighted by molar-refractivity contribution is 9.10. The molecule has 0 radical (unpaired) electrons. The molecule has 0 spiro atoms. The maximum atomic E-state index is 11.0. The first-order valence-electron chi connectivity index (χ1n) is 10.2. The Bertz CT molecular complexity index is 1180. The third-order valence-electron chi connectivity index (χ3n) is 5.84. The highest BCUT2D eigenvalue weighted by atomic mass is 79.9. The molecule has 3 aromatic rings. The van der Waals surface area contributed by atoms with Crippen LogP contribution >= 0.6 is 15.9 Å². The number of rotatable bonds is 4. The number of nitrogens with zero attached hydrogens (tertiary/aromatic N) is 3. The molecule has 0 amide bonds. The van der Waals surface area contributed by atoms with Crippen LogP contribution in [0.1, 0.15) is 47.9 Å². The van der Waals surface area contributed by atoms with E-state index in [1.54, 1.807) is 12.1 Å². The van der Waals surface area contributed by atoms with Crippen LogP contribution in [0.15, 0.2) is 76.3 Å². The quantitative estimate of drug-likeness (QED) is 0.333. The summed E-state index contributed by atoms with van der Waals surface area (Å²) in [6.45, 7) is 2.14. The van der Waals surface area contributed by atoms with Crippen LogP contribution in [0, 0.1) is 10.1 Å². The van der Waals surface area contributed by atoms with Gasteiger partial charge >= 0.3 is 0 Å². The zero-order valence-corrected chi connectivity index (χ0v) is 18.5. The van der Waals surface area contributed by atoms with Crippen LogP contribution in [0.25, 0.3) is 0 Å². The van der Waals surface area contributed by atoms with Crippen LogP contribution in [-0.4, -0.2) is 15.6 Å². The van der Waals surface area contributed by atoms with Crippen molar-refractivity contribution in [1.82, 2.24) is 5.01 Å². The van der Waals surface area contributed by atoms with Gasteiger partial charge in [-0.05, 0) is 47.9 Å². The van der Waals surface area contributed by atoms with Gasteiger partial charge < -0.3 is 4.74 Å².